The van der Waals surface area contributed by atoms with E-state index in [9.17, 15) is 0 Å². The molecule has 0 aromatic carbocycles. The van der Waals surface area contributed by atoms with E-state index in [1.807, 2.05) is 6.20 Å². The van der Waals surface area contributed by atoms with Crippen LogP contribution in [0.2, 0.25) is 0 Å². The molecule has 2 aromatic rings. The molecule has 3 heteroatoms. The molecule has 84 valence electrons. The van der Waals surface area contributed by atoms with Crippen LogP contribution in [0.15, 0.2) is 24.5 Å². The largest absolute Gasteiger partial charge is 0.303 e. The Balaban J connectivity index is 2.05. The van der Waals surface area contributed by atoms with Gasteiger partial charge in [0.25, 0.3) is 0 Å². The van der Waals surface area contributed by atoms with Gasteiger partial charge in [0.15, 0.2) is 0 Å². The molecule has 3 heterocycles. The van der Waals surface area contributed by atoms with E-state index in [2.05, 4.69) is 46.4 Å². The van der Waals surface area contributed by atoms with Crippen molar-refractivity contribution in [1.29, 1.82) is 0 Å². The molecule has 0 atom stereocenters. The van der Waals surface area contributed by atoms with Crippen LogP contribution in [0.5, 0.6) is 0 Å². The normalized spacial score (nSPS) is 18.1. The van der Waals surface area contributed by atoms with Gasteiger partial charge in [-0.2, -0.15) is 11.8 Å². The van der Waals surface area contributed by atoms with Crippen molar-refractivity contribution in [1.82, 2.24) is 9.38 Å². The van der Waals surface area contributed by atoms with Gasteiger partial charge >= 0.3 is 0 Å². The quantitative estimate of drug-likeness (QED) is 0.751. The third-order valence-electron chi connectivity index (χ3n) is 3.29. The van der Waals surface area contributed by atoms with Crippen LogP contribution in [0.3, 0.4) is 0 Å². The van der Waals surface area contributed by atoms with Gasteiger partial charge in [-0.25, -0.2) is 4.98 Å². The minimum Gasteiger partial charge on any atom is -0.303 e. The second-order valence-electron chi connectivity index (χ2n) is 4.50. The van der Waals surface area contributed by atoms with Crippen molar-refractivity contribution in [3.05, 3.63) is 35.9 Å². The summed E-state index contributed by atoms with van der Waals surface area (Å²) >= 11 is 2.07. The van der Waals surface area contributed by atoms with Gasteiger partial charge in [0, 0.05) is 12.1 Å². The lowest BCUT2D eigenvalue weighted by atomic mass is 10.0. The molecule has 1 fully saturated rings. The number of imidazole rings is 1. The minimum atomic E-state index is 0.658. The number of aryl methyl sites for hydroxylation is 1. The van der Waals surface area contributed by atoms with Gasteiger partial charge in [-0.1, -0.05) is 6.07 Å². The van der Waals surface area contributed by atoms with Crippen LogP contribution in [-0.4, -0.2) is 20.9 Å². The zero-order valence-corrected chi connectivity index (χ0v) is 10.3. The van der Waals surface area contributed by atoms with E-state index in [4.69, 9.17) is 0 Å². The maximum Gasteiger partial charge on any atom is 0.116 e. The first-order chi connectivity index (χ1) is 7.84. The highest BCUT2D eigenvalue weighted by atomic mass is 32.2. The molecule has 0 unspecified atom stereocenters. The lowest BCUT2D eigenvalue weighted by Gasteiger charge is -2.20. The molecule has 2 nitrogen and oxygen atoms in total. The van der Waals surface area contributed by atoms with Crippen molar-refractivity contribution in [3.8, 4) is 0 Å². The molecule has 1 aliphatic rings. The third-order valence-corrected chi connectivity index (χ3v) is 4.34. The fraction of sp³-hybridized carbons (Fsp3) is 0.462. The summed E-state index contributed by atoms with van der Waals surface area (Å²) in [5.74, 6) is 4.49. The molecule has 0 amide bonds. The highest BCUT2D eigenvalue weighted by Gasteiger charge is 2.19. The number of pyridine rings is 1. The van der Waals surface area contributed by atoms with E-state index in [1.54, 1.807) is 0 Å². The van der Waals surface area contributed by atoms with Crippen LogP contribution in [0, 0.1) is 6.92 Å². The van der Waals surface area contributed by atoms with Crippen molar-refractivity contribution in [2.45, 2.75) is 25.7 Å². The fourth-order valence-electron chi connectivity index (χ4n) is 2.37. The Morgan fingerprint density at radius 1 is 1.31 bits per heavy atom. The lowest BCUT2D eigenvalue weighted by molar-refractivity contribution is 0.596. The first kappa shape index (κ1) is 10.2. The second kappa shape index (κ2) is 4.13. The van der Waals surface area contributed by atoms with E-state index in [-0.39, 0.29) is 0 Å². The molecule has 0 bridgehead atoms. The Labute approximate surface area is 100 Å². The van der Waals surface area contributed by atoms with Crippen LogP contribution >= 0.6 is 11.8 Å². The van der Waals surface area contributed by atoms with Crippen molar-refractivity contribution in [2.24, 2.45) is 0 Å². The van der Waals surface area contributed by atoms with Crippen molar-refractivity contribution in [2.75, 3.05) is 11.5 Å². The molecule has 0 saturated carbocycles. The average Bonchev–Trinajstić information content (AvgIpc) is 2.73. The van der Waals surface area contributed by atoms with Gasteiger partial charge < -0.3 is 4.40 Å². The summed E-state index contributed by atoms with van der Waals surface area (Å²) in [4.78, 5) is 4.61. The highest BCUT2D eigenvalue weighted by molar-refractivity contribution is 7.99. The molecular weight excluding hydrogens is 216 g/mol. The smallest absolute Gasteiger partial charge is 0.116 e. The van der Waals surface area contributed by atoms with Crippen LogP contribution < -0.4 is 0 Å². The predicted octanol–water partition coefficient (Wildman–Crippen LogP) is 3.25. The SMILES string of the molecule is Cc1ccc2cnc(C3CCSCC3)n2c1. The van der Waals surface area contributed by atoms with E-state index in [0.717, 1.165) is 0 Å². The number of hydrogen-bond acceptors (Lipinski definition) is 2. The van der Waals surface area contributed by atoms with Crippen LogP contribution in [0.1, 0.15) is 30.1 Å². The zero-order valence-electron chi connectivity index (χ0n) is 9.52. The lowest BCUT2D eigenvalue weighted by Crippen LogP contribution is -2.11. The Morgan fingerprint density at radius 2 is 2.12 bits per heavy atom. The Morgan fingerprint density at radius 3 is 2.94 bits per heavy atom. The predicted molar refractivity (Wildman–Crippen MR) is 69.2 cm³/mol. The number of rotatable bonds is 1. The Kier molecular flexibility index (Phi) is 2.64. The van der Waals surface area contributed by atoms with Gasteiger partial charge in [0.05, 0.1) is 11.7 Å². The Hall–Kier alpha value is -0.960. The molecule has 1 saturated heterocycles. The van der Waals surface area contributed by atoms with E-state index in [1.165, 1.54) is 41.3 Å². The highest BCUT2D eigenvalue weighted by Crippen LogP contribution is 2.31. The molecule has 1 aliphatic heterocycles. The average molecular weight is 232 g/mol. The summed E-state index contributed by atoms with van der Waals surface area (Å²) in [6.07, 6.45) is 6.76. The summed E-state index contributed by atoms with van der Waals surface area (Å²) in [5, 5.41) is 0. The molecule has 3 rings (SSSR count). The summed E-state index contributed by atoms with van der Waals surface area (Å²) in [7, 11) is 0. The maximum atomic E-state index is 4.61. The van der Waals surface area contributed by atoms with E-state index < -0.39 is 0 Å². The molecule has 2 aromatic heterocycles. The van der Waals surface area contributed by atoms with Crippen LogP contribution in [0.4, 0.5) is 0 Å². The molecule has 16 heavy (non-hydrogen) atoms. The molecule has 0 radical (unpaired) electrons. The van der Waals surface area contributed by atoms with Crippen molar-refractivity contribution < 1.29 is 0 Å². The van der Waals surface area contributed by atoms with Crippen molar-refractivity contribution in [3.63, 3.8) is 0 Å². The first-order valence-corrected chi connectivity index (χ1v) is 7.01. The van der Waals surface area contributed by atoms with Crippen LogP contribution in [0.25, 0.3) is 5.52 Å². The summed E-state index contributed by atoms with van der Waals surface area (Å²) < 4.78 is 2.27. The first-order valence-electron chi connectivity index (χ1n) is 5.86. The molecular formula is C13H16N2S. The van der Waals surface area contributed by atoms with Crippen LogP contribution in [-0.2, 0) is 0 Å². The van der Waals surface area contributed by atoms with E-state index >= 15 is 0 Å². The van der Waals surface area contributed by atoms with Crippen molar-refractivity contribution >= 4 is 17.3 Å². The second-order valence-corrected chi connectivity index (χ2v) is 5.73. The zero-order chi connectivity index (χ0) is 11.0. The summed E-state index contributed by atoms with van der Waals surface area (Å²) in [6.45, 7) is 2.14. The Bertz CT molecular complexity index is 498. The number of aromatic nitrogens is 2. The third kappa shape index (κ3) is 1.73. The van der Waals surface area contributed by atoms with Gasteiger partial charge in [-0.15, -0.1) is 0 Å². The topological polar surface area (TPSA) is 17.3 Å². The maximum absolute atomic E-state index is 4.61. The minimum absolute atomic E-state index is 0.658. The fourth-order valence-corrected chi connectivity index (χ4v) is 3.48. The number of nitrogens with zero attached hydrogens (tertiary/aromatic N) is 2. The van der Waals surface area contributed by atoms with Gasteiger partial charge in [0.2, 0.25) is 0 Å². The number of fused-ring (bicyclic) bond motifs is 1. The monoisotopic (exact) mass is 232 g/mol. The number of thioether (sulfide) groups is 1. The van der Waals surface area contributed by atoms with Gasteiger partial charge in [-0.05, 0) is 42.9 Å². The molecule has 0 aliphatic carbocycles. The van der Waals surface area contributed by atoms with Gasteiger partial charge in [0.1, 0.15) is 5.82 Å². The summed E-state index contributed by atoms with van der Waals surface area (Å²) in [6, 6.07) is 4.31. The van der Waals surface area contributed by atoms with E-state index in [0.29, 0.717) is 5.92 Å². The standard InChI is InChI=1S/C13H16N2S/c1-10-2-3-12-8-14-13(15(12)9-10)11-4-6-16-7-5-11/h2-3,8-9,11H,4-7H2,1H3. The molecule has 0 N–H and O–H groups in total. The summed E-state index contributed by atoms with van der Waals surface area (Å²) in [5.41, 5.74) is 2.52. The molecule has 0 spiro atoms. The van der Waals surface area contributed by atoms with Gasteiger partial charge in [-0.3, -0.25) is 0 Å². The number of hydrogen-bond donors (Lipinski definition) is 0.